The lowest BCUT2D eigenvalue weighted by Crippen LogP contribution is -2.40. The van der Waals surface area contributed by atoms with Gasteiger partial charge in [-0.2, -0.15) is 4.98 Å². The van der Waals surface area contributed by atoms with Gasteiger partial charge in [0.2, 0.25) is 5.95 Å². The molecule has 2 heterocycles. The first-order chi connectivity index (χ1) is 14.0. The quantitative estimate of drug-likeness (QED) is 0.564. The summed E-state index contributed by atoms with van der Waals surface area (Å²) in [5, 5.41) is 4.06. The molecule has 4 N–H and O–H groups in total. The fourth-order valence-corrected chi connectivity index (χ4v) is 4.17. The number of nitrogens with one attached hydrogen (secondary N) is 2. The van der Waals surface area contributed by atoms with Crippen LogP contribution in [0.1, 0.15) is 37.7 Å². The Labute approximate surface area is 172 Å². The molecule has 1 saturated carbocycles. The topological polar surface area (TPSA) is 111 Å². The van der Waals surface area contributed by atoms with Gasteiger partial charge >= 0.3 is 5.69 Å². The van der Waals surface area contributed by atoms with Gasteiger partial charge in [0.1, 0.15) is 0 Å². The number of hydrogen-bond donors (Lipinski definition) is 3. The molecule has 8 nitrogen and oxygen atoms in total. The van der Waals surface area contributed by atoms with Crippen LogP contribution in [0.25, 0.3) is 11.2 Å². The molecule has 0 aliphatic heterocycles. The maximum absolute atomic E-state index is 12.7. The predicted octanol–water partition coefficient (Wildman–Crippen LogP) is 2.20. The van der Waals surface area contributed by atoms with E-state index in [4.69, 9.17) is 17.3 Å². The first kappa shape index (κ1) is 19.7. The number of hydrogen-bond acceptors (Lipinski definition) is 5. The highest BCUT2D eigenvalue weighted by atomic mass is 35.5. The Kier molecular flexibility index (Phi) is 5.47. The van der Waals surface area contributed by atoms with Crippen molar-refractivity contribution in [3.8, 4) is 0 Å². The van der Waals surface area contributed by atoms with Crippen molar-refractivity contribution in [1.29, 1.82) is 0 Å². The molecule has 0 amide bonds. The molecule has 0 bridgehead atoms. The first-order valence-corrected chi connectivity index (χ1v) is 10.3. The van der Waals surface area contributed by atoms with Crippen LogP contribution in [0.15, 0.2) is 33.9 Å². The van der Waals surface area contributed by atoms with Gasteiger partial charge in [-0.05, 0) is 24.5 Å². The van der Waals surface area contributed by atoms with Crippen LogP contribution in [0.5, 0.6) is 0 Å². The van der Waals surface area contributed by atoms with E-state index in [9.17, 15) is 9.59 Å². The molecule has 1 aliphatic rings. The third kappa shape index (κ3) is 3.82. The number of nitrogens with zero attached hydrogens (tertiary/aromatic N) is 3. The number of nitrogens with two attached hydrogens (primary N) is 1. The Balaban J connectivity index is 1.85. The standard InChI is InChI=1S/C20H25ClN6O2/c1-26-17-16(18(28)25-20(26)29)27(11-12-7-5-6-8-13(12)21)19(24-17)23-15-10-4-2-3-9-14(15)22/h5-8,14-15H,2-4,9-11,22H2,1H3,(H,23,24)(H,25,28,29). The van der Waals surface area contributed by atoms with E-state index in [1.54, 1.807) is 11.6 Å². The Bertz CT molecular complexity index is 1150. The van der Waals surface area contributed by atoms with Gasteiger partial charge in [0.25, 0.3) is 5.56 Å². The van der Waals surface area contributed by atoms with Crippen molar-refractivity contribution in [3.63, 3.8) is 0 Å². The fourth-order valence-electron chi connectivity index (χ4n) is 3.98. The average molecular weight is 417 g/mol. The van der Waals surface area contributed by atoms with E-state index in [2.05, 4.69) is 15.3 Å². The van der Waals surface area contributed by atoms with Crippen molar-refractivity contribution in [3.05, 3.63) is 55.7 Å². The van der Waals surface area contributed by atoms with Crippen molar-refractivity contribution in [1.82, 2.24) is 19.1 Å². The van der Waals surface area contributed by atoms with Crippen molar-refractivity contribution >= 4 is 28.7 Å². The normalized spacial score (nSPS) is 20.0. The molecule has 0 saturated heterocycles. The smallest absolute Gasteiger partial charge is 0.329 e. The van der Waals surface area contributed by atoms with E-state index >= 15 is 0 Å². The lowest BCUT2D eigenvalue weighted by Gasteiger charge is -2.23. The van der Waals surface area contributed by atoms with Crippen LogP contribution < -0.4 is 22.3 Å². The number of rotatable bonds is 4. The third-order valence-corrected chi connectivity index (χ3v) is 6.05. The van der Waals surface area contributed by atoms with Crippen LogP contribution in [0.3, 0.4) is 0 Å². The number of imidazole rings is 1. The van der Waals surface area contributed by atoms with Gasteiger partial charge in [0.05, 0.1) is 6.54 Å². The minimum absolute atomic E-state index is 0.00757. The summed E-state index contributed by atoms with van der Waals surface area (Å²) >= 11 is 6.36. The van der Waals surface area contributed by atoms with E-state index in [0.29, 0.717) is 28.7 Å². The summed E-state index contributed by atoms with van der Waals surface area (Å²) < 4.78 is 3.13. The summed E-state index contributed by atoms with van der Waals surface area (Å²) in [4.78, 5) is 31.7. The zero-order valence-electron chi connectivity index (χ0n) is 16.3. The molecule has 154 valence electrons. The molecule has 0 radical (unpaired) electrons. The van der Waals surface area contributed by atoms with Gasteiger partial charge in [0, 0.05) is 24.2 Å². The summed E-state index contributed by atoms with van der Waals surface area (Å²) in [6.45, 7) is 0.349. The minimum Gasteiger partial charge on any atom is -0.351 e. The Morgan fingerprint density at radius 2 is 2.00 bits per heavy atom. The van der Waals surface area contributed by atoms with Crippen LogP contribution in [-0.4, -0.2) is 31.2 Å². The number of halogens is 1. The van der Waals surface area contributed by atoms with Gasteiger partial charge in [-0.25, -0.2) is 4.79 Å². The number of aromatic amines is 1. The van der Waals surface area contributed by atoms with E-state index in [1.165, 1.54) is 4.57 Å². The molecule has 2 aromatic heterocycles. The maximum atomic E-state index is 12.7. The van der Waals surface area contributed by atoms with E-state index < -0.39 is 11.2 Å². The Morgan fingerprint density at radius 1 is 1.24 bits per heavy atom. The molecule has 3 aromatic rings. The average Bonchev–Trinajstić information content (AvgIpc) is 2.92. The summed E-state index contributed by atoms with van der Waals surface area (Å²) in [7, 11) is 1.59. The van der Waals surface area contributed by atoms with Gasteiger partial charge < -0.3 is 11.1 Å². The van der Waals surface area contributed by atoms with Crippen molar-refractivity contribution in [2.24, 2.45) is 12.8 Å². The molecule has 29 heavy (non-hydrogen) atoms. The predicted molar refractivity (Wildman–Crippen MR) is 115 cm³/mol. The number of aromatic nitrogens is 4. The molecule has 1 aromatic carbocycles. The maximum Gasteiger partial charge on any atom is 0.329 e. The molecular weight excluding hydrogens is 392 g/mol. The zero-order chi connectivity index (χ0) is 20.5. The Morgan fingerprint density at radius 3 is 2.79 bits per heavy atom. The minimum atomic E-state index is -0.498. The summed E-state index contributed by atoms with van der Waals surface area (Å²) in [5.74, 6) is 0.522. The number of H-pyrrole nitrogens is 1. The zero-order valence-corrected chi connectivity index (χ0v) is 17.1. The van der Waals surface area contributed by atoms with Gasteiger partial charge in [-0.3, -0.25) is 18.9 Å². The second kappa shape index (κ2) is 8.04. The van der Waals surface area contributed by atoms with Gasteiger partial charge in [-0.15, -0.1) is 0 Å². The summed E-state index contributed by atoms with van der Waals surface area (Å²) in [5.41, 5.74) is 6.93. The fraction of sp³-hybridized carbons (Fsp3) is 0.450. The molecule has 2 unspecified atom stereocenters. The van der Waals surface area contributed by atoms with Crippen LogP contribution in [-0.2, 0) is 13.6 Å². The number of benzene rings is 1. The van der Waals surface area contributed by atoms with Crippen molar-refractivity contribution < 1.29 is 0 Å². The highest BCUT2D eigenvalue weighted by Gasteiger charge is 2.24. The second-order valence-corrected chi connectivity index (χ2v) is 8.06. The SMILES string of the molecule is Cn1c(=O)[nH]c(=O)c2c1nc(NC1CCCCCC1N)n2Cc1ccccc1Cl. The lowest BCUT2D eigenvalue weighted by atomic mass is 10.0. The van der Waals surface area contributed by atoms with E-state index in [0.717, 1.165) is 37.7 Å². The van der Waals surface area contributed by atoms with Crippen LogP contribution >= 0.6 is 11.6 Å². The summed E-state index contributed by atoms with van der Waals surface area (Å²) in [6, 6.07) is 7.53. The largest absolute Gasteiger partial charge is 0.351 e. The summed E-state index contributed by atoms with van der Waals surface area (Å²) in [6.07, 6.45) is 5.25. The van der Waals surface area contributed by atoms with Crippen molar-refractivity contribution in [2.45, 2.75) is 50.7 Å². The van der Waals surface area contributed by atoms with Crippen LogP contribution in [0.2, 0.25) is 5.02 Å². The number of aryl methyl sites for hydroxylation is 1. The van der Waals surface area contributed by atoms with E-state index in [-0.39, 0.29) is 12.1 Å². The highest BCUT2D eigenvalue weighted by molar-refractivity contribution is 6.31. The molecule has 9 heteroatoms. The first-order valence-electron chi connectivity index (χ1n) is 9.91. The van der Waals surface area contributed by atoms with Gasteiger partial charge in [0.15, 0.2) is 11.2 Å². The van der Waals surface area contributed by atoms with Crippen LogP contribution in [0, 0.1) is 0 Å². The van der Waals surface area contributed by atoms with Crippen molar-refractivity contribution in [2.75, 3.05) is 5.32 Å². The molecule has 4 rings (SSSR count). The van der Waals surface area contributed by atoms with E-state index in [1.807, 2.05) is 24.3 Å². The second-order valence-electron chi connectivity index (χ2n) is 7.66. The molecule has 0 spiro atoms. The Hall–Kier alpha value is -2.58. The molecule has 1 aliphatic carbocycles. The highest BCUT2D eigenvalue weighted by Crippen LogP contribution is 2.25. The lowest BCUT2D eigenvalue weighted by molar-refractivity contribution is 0.523. The van der Waals surface area contributed by atoms with Gasteiger partial charge in [-0.1, -0.05) is 49.1 Å². The molecular formula is C20H25ClN6O2. The number of anilines is 1. The monoisotopic (exact) mass is 416 g/mol. The molecule has 1 fully saturated rings. The van der Waals surface area contributed by atoms with Crippen LogP contribution in [0.4, 0.5) is 5.95 Å². The third-order valence-electron chi connectivity index (χ3n) is 5.68. The molecule has 2 atom stereocenters. The number of fused-ring (bicyclic) bond motifs is 1.